The SMILES string of the molecule is C1COOCO1.C1OOCOO1. The van der Waals surface area contributed by atoms with E-state index in [1.54, 1.807) is 0 Å². The van der Waals surface area contributed by atoms with Crippen LogP contribution in [-0.4, -0.2) is 33.6 Å². The normalized spacial score (nSPS) is 24.0. The van der Waals surface area contributed by atoms with Crippen LogP contribution < -0.4 is 0 Å². The summed E-state index contributed by atoms with van der Waals surface area (Å²) in [5, 5.41) is 0. The molecule has 2 saturated heterocycles. The lowest BCUT2D eigenvalue weighted by Crippen LogP contribution is -2.14. The van der Waals surface area contributed by atoms with Gasteiger partial charge in [0.2, 0.25) is 13.6 Å². The first kappa shape index (κ1) is 9.81. The van der Waals surface area contributed by atoms with Crippen molar-refractivity contribution in [3.63, 3.8) is 0 Å². The smallest absolute Gasteiger partial charge is 0.214 e. The largest absolute Gasteiger partial charge is 0.350 e. The third-order valence-corrected chi connectivity index (χ3v) is 0.885. The monoisotopic (exact) mass is 182 g/mol. The van der Waals surface area contributed by atoms with E-state index < -0.39 is 0 Å². The summed E-state index contributed by atoms with van der Waals surface area (Å²) in [5.74, 6) is 0. The van der Waals surface area contributed by atoms with Gasteiger partial charge in [0, 0.05) is 0 Å². The molecule has 2 aliphatic heterocycles. The maximum Gasteiger partial charge on any atom is 0.214 e. The zero-order valence-electron chi connectivity index (χ0n) is 6.39. The lowest BCUT2D eigenvalue weighted by atomic mass is 10.8. The minimum absolute atomic E-state index is 0.0556. The van der Waals surface area contributed by atoms with Crippen LogP contribution in [0.4, 0.5) is 0 Å². The second-order valence-corrected chi connectivity index (χ2v) is 1.67. The molecule has 0 aromatic heterocycles. The molecule has 0 spiro atoms. The summed E-state index contributed by atoms with van der Waals surface area (Å²) >= 11 is 0. The van der Waals surface area contributed by atoms with E-state index in [0.717, 1.165) is 0 Å². The van der Waals surface area contributed by atoms with Crippen molar-refractivity contribution >= 4 is 0 Å². The minimum Gasteiger partial charge on any atom is -0.350 e. The maximum absolute atomic E-state index is 4.72. The fraction of sp³-hybridized carbons (Fsp3) is 1.00. The molecule has 0 saturated carbocycles. The summed E-state index contributed by atoms with van der Waals surface area (Å²) in [4.78, 5) is 25.7. The molecule has 7 heteroatoms. The molecule has 0 aromatic carbocycles. The van der Waals surface area contributed by atoms with Crippen molar-refractivity contribution in [3.05, 3.63) is 0 Å². The van der Waals surface area contributed by atoms with E-state index in [1.807, 2.05) is 0 Å². The highest BCUT2D eigenvalue weighted by Crippen LogP contribution is 1.89. The van der Waals surface area contributed by atoms with Crippen LogP contribution in [0.25, 0.3) is 0 Å². The minimum atomic E-state index is 0.0556. The van der Waals surface area contributed by atoms with Crippen molar-refractivity contribution in [2.24, 2.45) is 0 Å². The van der Waals surface area contributed by atoms with Crippen LogP contribution >= 0.6 is 0 Å². The van der Waals surface area contributed by atoms with Crippen molar-refractivity contribution in [3.8, 4) is 0 Å². The zero-order valence-corrected chi connectivity index (χ0v) is 6.39. The molecule has 2 aliphatic rings. The summed E-state index contributed by atoms with van der Waals surface area (Å²) in [6.45, 7) is 1.60. The van der Waals surface area contributed by atoms with Gasteiger partial charge < -0.3 is 4.74 Å². The summed E-state index contributed by atoms with van der Waals surface area (Å²) in [5.41, 5.74) is 0. The summed E-state index contributed by atoms with van der Waals surface area (Å²) in [6.07, 6.45) is 0. The van der Waals surface area contributed by atoms with Gasteiger partial charge in [-0.15, -0.1) is 0 Å². The van der Waals surface area contributed by atoms with Crippen LogP contribution in [0.1, 0.15) is 0 Å². The summed E-state index contributed by atoms with van der Waals surface area (Å²) in [7, 11) is 0. The molecule has 0 aliphatic carbocycles. The van der Waals surface area contributed by atoms with Crippen LogP contribution in [0.2, 0.25) is 0 Å². The molecule has 0 atom stereocenters. The highest BCUT2D eigenvalue weighted by molar-refractivity contribution is 4.21. The van der Waals surface area contributed by atoms with Crippen LogP contribution in [0, 0.1) is 0 Å². The number of rotatable bonds is 0. The first-order valence-electron chi connectivity index (χ1n) is 3.31. The van der Waals surface area contributed by atoms with Crippen LogP contribution in [0.15, 0.2) is 0 Å². The molecule has 2 rings (SSSR count). The van der Waals surface area contributed by atoms with Gasteiger partial charge in [0.25, 0.3) is 0 Å². The van der Waals surface area contributed by atoms with Crippen molar-refractivity contribution < 1.29 is 34.1 Å². The molecule has 0 bridgehead atoms. The Kier molecular flexibility index (Phi) is 6.02. The molecule has 2 heterocycles. The zero-order chi connectivity index (χ0) is 8.49. The second-order valence-electron chi connectivity index (χ2n) is 1.67. The van der Waals surface area contributed by atoms with E-state index >= 15 is 0 Å². The third-order valence-electron chi connectivity index (χ3n) is 0.885. The average Bonchev–Trinajstić information content (AvgIpc) is 2.24. The van der Waals surface area contributed by atoms with Gasteiger partial charge in [0.15, 0.2) is 6.79 Å². The van der Waals surface area contributed by atoms with E-state index in [1.165, 1.54) is 0 Å². The number of hydrogen-bond acceptors (Lipinski definition) is 7. The van der Waals surface area contributed by atoms with E-state index in [9.17, 15) is 0 Å². The summed E-state index contributed by atoms with van der Waals surface area (Å²) < 4.78 is 4.72. The molecule has 0 unspecified atom stereocenters. The lowest BCUT2D eigenvalue weighted by Gasteiger charge is -2.08. The first-order valence-corrected chi connectivity index (χ1v) is 3.31. The van der Waals surface area contributed by atoms with Gasteiger partial charge in [-0.2, -0.15) is 0 Å². The van der Waals surface area contributed by atoms with Crippen LogP contribution in [-0.2, 0) is 34.1 Å². The Morgan fingerprint density at radius 3 is 1.25 bits per heavy atom. The quantitative estimate of drug-likeness (QED) is 0.478. The Bertz CT molecular complexity index is 54.8. The van der Waals surface area contributed by atoms with Crippen LogP contribution in [0.5, 0.6) is 0 Å². The molecule has 2 fully saturated rings. The standard InChI is InChI=1S/C3H6O3.C2H4O4/c1-2-5-6-3-4-1;1-3-5-2-6-4-1/h1-3H2;1-2H2. The van der Waals surface area contributed by atoms with Crippen molar-refractivity contribution in [2.75, 3.05) is 33.6 Å². The van der Waals surface area contributed by atoms with Crippen molar-refractivity contribution in [2.45, 2.75) is 0 Å². The molecule has 12 heavy (non-hydrogen) atoms. The molecule has 7 nitrogen and oxygen atoms in total. The Hall–Kier alpha value is -0.280. The number of hydrogen-bond donors (Lipinski definition) is 0. The Balaban J connectivity index is 0.000000120. The van der Waals surface area contributed by atoms with Gasteiger partial charge >= 0.3 is 0 Å². The lowest BCUT2D eigenvalue weighted by molar-refractivity contribution is -0.524. The van der Waals surface area contributed by atoms with E-state index in [-0.39, 0.29) is 20.4 Å². The second kappa shape index (κ2) is 7.37. The van der Waals surface area contributed by atoms with Gasteiger partial charge in [0.05, 0.1) is 6.61 Å². The van der Waals surface area contributed by atoms with Gasteiger partial charge in [-0.1, -0.05) is 0 Å². The van der Waals surface area contributed by atoms with Crippen LogP contribution in [0.3, 0.4) is 0 Å². The maximum atomic E-state index is 4.72. The molecule has 72 valence electrons. The average molecular weight is 182 g/mol. The van der Waals surface area contributed by atoms with E-state index in [0.29, 0.717) is 13.2 Å². The summed E-state index contributed by atoms with van der Waals surface area (Å²) in [6, 6.07) is 0. The predicted octanol–water partition coefficient (Wildman–Crippen LogP) is -0.266. The molecule has 0 amide bonds. The van der Waals surface area contributed by atoms with Gasteiger partial charge in [0.1, 0.15) is 6.61 Å². The Morgan fingerprint density at radius 1 is 0.500 bits per heavy atom. The highest BCUT2D eigenvalue weighted by Gasteiger charge is 1.96. The van der Waals surface area contributed by atoms with E-state index in [2.05, 4.69) is 29.3 Å². The third kappa shape index (κ3) is 5.38. The molecular formula is C5H10O7. The molecular weight excluding hydrogens is 172 g/mol. The van der Waals surface area contributed by atoms with Gasteiger partial charge in [-0.05, 0) is 0 Å². The highest BCUT2D eigenvalue weighted by atomic mass is 17.4. The first-order chi connectivity index (χ1) is 6.00. The molecule has 0 radical (unpaired) electrons. The van der Waals surface area contributed by atoms with Crippen molar-refractivity contribution in [1.29, 1.82) is 0 Å². The van der Waals surface area contributed by atoms with Gasteiger partial charge in [-0.3, -0.25) is 0 Å². The Morgan fingerprint density at radius 2 is 1.08 bits per heavy atom. The molecule has 0 N–H and O–H groups in total. The fourth-order valence-corrected chi connectivity index (χ4v) is 0.454. The Labute approximate surface area is 68.8 Å². The van der Waals surface area contributed by atoms with Gasteiger partial charge in [-0.25, -0.2) is 29.3 Å². The predicted molar refractivity (Wildman–Crippen MR) is 31.9 cm³/mol. The van der Waals surface area contributed by atoms with Crippen molar-refractivity contribution in [1.82, 2.24) is 0 Å². The topological polar surface area (TPSA) is 64.6 Å². The molecule has 0 aromatic rings. The number of ether oxygens (including phenoxy) is 1. The van der Waals surface area contributed by atoms with E-state index in [4.69, 9.17) is 4.74 Å². The fourth-order valence-electron chi connectivity index (χ4n) is 0.454.